The molecule has 1 aliphatic heterocycles. The van der Waals surface area contributed by atoms with E-state index in [1.165, 1.54) is 16.2 Å². The third-order valence-electron chi connectivity index (χ3n) is 3.28. The summed E-state index contributed by atoms with van der Waals surface area (Å²) in [5.74, 6) is -0.176. The van der Waals surface area contributed by atoms with Gasteiger partial charge in [-0.3, -0.25) is 9.59 Å². The van der Waals surface area contributed by atoms with E-state index in [2.05, 4.69) is 15.9 Å². The Morgan fingerprint density at radius 1 is 1.48 bits per heavy atom. The number of hydrogen-bond donors (Lipinski definition) is 0. The monoisotopic (exact) mass is 374 g/mol. The van der Waals surface area contributed by atoms with Crippen LogP contribution in [-0.2, 0) is 9.53 Å². The first-order chi connectivity index (χ1) is 9.78. The van der Waals surface area contributed by atoms with Gasteiger partial charge in [0.05, 0.1) is 27.4 Å². The zero-order valence-electron chi connectivity index (χ0n) is 12.4. The molecule has 5 nitrogen and oxygen atoms in total. The lowest BCUT2D eigenvalue weighted by molar-refractivity contribution is -0.146. The molecule has 116 valence electrons. The molecule has 2 heterocycles. The smallest absolute Gasteiger partial charge is 0.264 e. The maximum absolute atomic E-state index is 12.3. The zero-order valence-corrected chi connectivity index (χ0v) is 14.8. The van der Waals surface area contributed by atoms with Crippen LogP contribution in [0.5, 0.6) is 0 Å². The summed E-state index contributed by atoms with van der Waals surface area (Å²) in [6.45, 7) is 5.68. The molecule has 1 saturated heterocycles. The maximum atomic E-state index is 12.3. The second-order valence-electron chi connectivity index (χ2n) is 5.69. The summed E-state index contributed by atoms with van der Waals surface area (Å²) in [4.78, 5) is 28.4. The fourth-order valence-electron chi connectivity index (χ4n) is 2.22. The largest absolute Gasteiger partial charge is 0.372 e. The van der Waals surface area contributed by atoms with Crippen LogP contribution >= 0.6 is 27.3 Å². The van der Waals surface area contributed by atoms with E-state index in [1.807, 2.05) is 19.9 Å². The van der Waals surface area contributed by atoms with Gasteiger partial charge in [-0.05, 0) is 41.9 Å². The van der Waals surface area contributed by atoms with Gasteiger partial charge in [-0.1, -0.05) is 0 Å². The molecule has 0 N–H and O–H groups in total. The van der Waals surface area contributed by atoms with Crippen LogP contribution in [0.3, 0.4) is 0 Å². The topological polar surface area (TPSA) is 49.9 Å². The van der Waals surface area contributed by atoms with Gasteiger partial charge in [-0.25, -0.2) is 0 Å². The van der Waals surface area contributed by atoms with Gasteiger partial charge in [0, 0.05) is 20.1 Å². The molecule has 0 aliphatic carbocycles. The average Bonchev–Trinajstić information content (AvgIpc) is 2.83. The Morgan fingerprint density at radius 3 is 2.76 bits per heavy atom. The Kier molecular flexibility index (Phi) is 5.06. The minimum absolute atomic E-state index is 0.0437. The van der Waals surface area contributed by atoms with Gasteiger partial charge in [0.1, 0.15) is 0 Å². The van der Waals surface area contributed by atoms with E-state index in [0.29, 0.717) is 24.6 Å². The van der Waals surface area contributed by atoms with E-state index in [1.54, 1.807) is 18.0 Å². The van der Waals surface area contributed by atoms with Crippen LogP contribution in [0, 0.1) is 0 Å². The molecule has 1 aliphatic rings. The minimum Gasteiger partial charge on any atom is -0.372 e. The van der Waals surface area contributed by atoms with E-state index < -0.39 is 0 Å². The van der Waals surface area contributed by atoms with E-state index in [0.717, 1.165) is 3.79 Å². The van der Waals surface area contributed by atoms with Crippen molar-refractivity contribution in [1.29, 1.82) is 0 Å². The Balaban J connectivity index is 1.94. The second-order valence-corrected chi connectivity index (χ2v) is 8.15. The summed E-state index contributed by atoms with van der Waals surface area (Å²) in [7, 11) is 1.65. The van der Waals surface area contributed by atoms with E-state index in [-0.39, 0.29) is 24.0 Å². The summed E-state index contributed by atoms with van der Waals surface area (Å²) in [6.07, 6.45) is 0. The lowest BCUT2D eigenvalue weighted by atomic mass is 10.1. The van der Waals surface area contributed by atoms with Gasteiger partial charge >= 0.3 is 0 Å². The molecule has 0 aromatic carbocycles. The van der Waals surface area contributed by atoms with E-state index in [4.69, 9.17) is 4.74 Å². The summed E-state index contributed by atoms with van der Waals surface area (Å²) >= 11 is 4.70. The molecular weight excluding hydrogens is 356 g/mol. The molecule has 7 heteroatoms. The van der Waals surface area contributed by atoms with Crippen LogP contribution in [0.2, 0.25) is 0 Å². The Morgan fingerprint density at radius 2 is 2.19 bits per heavy atom. The van der Waals surface area contributed by atoms with Crippen LogP contribution in [0.1, 0.15) is 23.5 Å². The number of thiophene rings is 1. The number of morpholine rings is 1. The zero-order chi connectivity index (χ0) is 15.6. The minimum atomic E-state index is -0.324. The molecule has 2 amide bonds. The van der Waals surface area contributed by atoms with Gasteiger partial charge in [0.25, 0.3) is 5.91 Å². The van der Waals surface area contributed by atoms with Crippen LogP contribution in [0.4, 0.5) is 0 Å². The number of carbonyl (C=O) groups is 2. The number of rotatable bonds is 3. The number of nitrogens with zero attached hydrogens (tertiary/aromatic N) is 2. The predicted octanol–water partition coefficient (Wildman–Crippen LogP) is 2.22. The van der Waals surface area contributed by atoms with Crippen molar-refractivity contribution < 1.29 is 14.3 Å². The maximum Gasteiger partial charge on any atom is 0.264 e. The van der Waals surface area contributed by atoms with Crippen molar-refractivity contribution in [2.75, 3.05) is 33.3 Å². The molecule has 1 fully saturated rings. The predicted molar refractivity (Wildman–Crippen MR) is 85.6 cm³/mol. The number of carbonyl (C=O) groups excluding carboxylic acids is 2. The van der Waals surface area contributed by atoms with E-state index in [9.17, 15) is 9.59 Å². The first-order valence-corrected chi connectivity index (χ1v) is 8.32. The lowest BCUT2D eigenvalue weighted by Gasteiger charge is -2.38. The number of halogens is 1. The molecule has 21 heavy (non-hydrogen) atoms. The van der Waals surface area contributed by atoms with Crippen molar-refractivity contribution in [3.05, 3.63) is 20.8 Å². The standard InChI is InChI=1S/C14H19BrN2O3S/c1-14(2)9-17(6-7-20-14)12(18)8-16(3)13(19)10-4-5-11(15)21-10/h4-5H,6-9H2,1-3H3. The lowest BCUT2D eigenvalue weighted by Crippen LogP contribution is -2.53. The molecule has 0 saturated carbocycles. The third-order valence-corrected chi connectivity index (χ3v) is 4.89. The molecule has 1 aromatic heterocycles. The molecule has 0 radical (unpaired) electrons. The Labute approximate surface area is 137 Å². The normalized spacial score (nSPS) is 17.6. The highest BCUT2D eigenvalue weighted by molar-refractivity contribution is 9.11. The SMILES string of the molecule is CN(CC(=O)N1CCOC(C)(C)C1)C(=O)c1ccc(Br)s1. The fourth-order valence-corrected chi connectivity index (χ4v) is 3.60. The van der Waals surface area contributed by atoms with Crippen molar-refractivity contribution >= 4 is 39.1 Å². The average molecular weight is 375 g/mol. The number of amides is 2. The molecule has 0 bridgehead atoms. The van der Waals surface area contributed by atoms with Crippen LogP contribution in [-0.4, -0.2) is 60.5 Å². The quantitative estimate of drug-likeness (QED) is 0.814. The molecule has 0 atom stereocenters. The highest BCUT2D eigenvalue weighted by atomic mass is 79.9. The van der Waals surface area contributed by atoms with Gasteiger partial charge in [-0.2, -0.15) is 0 Å². The van der Waals surface area contributed by atoms with Crippen molar-refractivity contribution in [3.63, 3.8) is 0 Å². The molecular formula is C14H19BrN2O3S. The van der Waals surface area contributed by atoms with Gasteiger partial charge in [0.2, 0.25) is 5.91 Å². The van der Waals surface area contributed by atoms with Crippen molar-refractivity contribution in [3.8, 4) is 0 Å². The Bertz CT molecular complexity index is 544. The molecule has 0 unspecified atom stereocenters. The Hall–Kier alpha value is -0.920. The highest BCUT2D eigenvalue weighted by Crippen LogP contribution is 2.23. The second kappa shape index (κ2) is 6.46. The summed E-state index contributed by atoms with van der Waals surface area (Å²) in [6, 6.07) is 3.59. The number of hydrogen-bond acceptors (Lipinski definition) is 4. The van der Waals surface area contributed by atoms with Gasteiger partial charge in [-0.15, -0.1) is 11.3 Å². The van der Waals surface area contributed by atoms with Crippen molar-refractivity contribution in [2.24, 2.45) is 0 Å². The van der Waals surface area contributed by atoms with Gasteiger partial charge in [0.15, 0.2) is 0 Å². The molecule has 1 aromatic rings. The first-order valence-electron chi connectivity index (χ1n) is 6.71. The summed E-state index contributed by atoms with van der Waals surface area (Å²) < 4.78 is 6.50. The first kappa shape index (κ1) is 16.5. The fraction of sp³-hybridized carbons (Fsp3) is 0.571. The van der Waals surface area contributed by atoms with E-state index >= 15 is 0 Å². The van der Waals surface area contributed by atoms with Crippen LogP contribution in [0.15, 0.2) is 15.9 Å². The van der Waals surface area contributed by atoms with Crippen LogP contribution in [0.25, 0.3) is 0 Å². The molecule has 0 spiro atoms. The number of likely N-dealkylation sites (N-methyl/N-ethyl adjacent to an activating group) is 1. The van der Waals surface area contributed by atoms with Crippen molar-refractivity contribution in [2.45, 2.75) is 19.4 Å². The van der Waals surface area contributed by atoms with Crippen molar-refractivity contribution in [1.82, 2.24) is 9.80 Å². The molecule has 2 rings (SSSR count). The summed E-state index contributed by atoms with van der Waals surface area (Å²) in [5.41, 5.74) is -0.324. The third kappa shape index (κ3) is 4.28. The highest BCUT2D eigenvalue weighted by Gasteiger charge is 2.30. The van der Waals surface area contributed by atoms with Gasteiger partial charge < -0.3 is 14.5 Å². The summed E-state index contributed by atoms with van der Waals surface area (Å²) in [5, 5.41) is 0. The van der Waals surface area contributed by atoms with Crippen LogP contribution < -0.4 is 0 Å². The number of ether oxygens (including phenoxy) is 1.